The molecule has 0 bridgehead atoms. The Balaban J connectivity index is 5.36. The Morgan fingerprint density at radius 2 is 1.13 bits per heavy atom. The molecule has 4 unspecified atom stereocenters. The molecule has 4 atom stereocenters. The van der Waals surface area contributed by atoms with Crippen molar-refractivity contribution in [2.45, 2.75) is 78.6 Å². The van der Waals surface area contributed by atoms with Crippen LogP contribution in [-0.4, -0.2) is 64.0 Å². The minimum absolute atomic E-state index is 0.135. The molecule has 11 nitrogen and oxygen atoms in total. The third-order valence-corrected chi connectivity index (χ3v) is 4.78. The maximum atomic E-state index is 12.8. The Kier molecular flexibility index (Phi) is 11.8. The molecule has 3 amide bonds. The van der Waals surface area contributed by atoms with E-state index in [1.54, 1.807) is 41.5 Å². The number of carbonyl (C=O) groups excluding carboxylic acids is 3. The van der Waals surface area contributed by atoms with E-state index >= 15 is 0 Å². The van der Waals surface area contributed by atoms with Crippen molar-refractivity contribution in [2.24, 2.45) is 23.5 Å². The van der Waals surface area contributed by atoms with Gasteiger partial charge in [-0.1, -0.05) is 41.5 Å². The average molecular weight is 445 g/mol. The minimum Gasteiger partial charge on any atom is -0.481 e. The van der Waals surface area contributed by atoms with Crippen molar-refractivity contribution in [2.75, 3.05) is 0 Å². The molecule has 0 heterocycles. The van der Waals surface area contributed by atoms with Gasteiger partial charge in [0, 0.05) is 6.42 Å². The van der Waals surface area contributed by atoms with Crippen molar-refractivity contribution in [3.63, 3.8) is 0 Å². The molecule has 0 fully saturated rings. The lowest BCUT2D eigenvalue weighted by Gasteiger charge is -2.28. The Bertz CT molecular complexity index is 664. The first-order valence-corrected chi connectivity index (χ1v) is 10.3. The molecule has 0 rings (SSSR count). The van der Waals surface area contributed by atoms with Gasteiger partial charge in [-0.2, -0.15) is 0 Å². The van der Waals surface area contributed by atoms with E-state index in [1.807, 2.05) is 0 Å². The fourth-order valence-corrected chi connectivity index (χ4v) is 2.65. The van der Waals surface area contributed by atoms with E-state index in [9.17, 15) is 29.1 Å². The zero-order valence-electron chi connectivity index (χ0n) is 19.0. The monoisotopic (exact) mass is 444 g/mol. The lowest BCUT2D eigenvalue weighted by molar-refractivity contribution is -0.143. The van der Waals surface area contributed by atoms with Gasteiger partial charge in [0.15, 0.2) is 0 Å². The highest BCUT2D eigenvalue weighted by atomic mass is 16.4. The summed E-state index contributed by atoms with van der Waals surface area (Å²) in [6.07, 6.45) is -0.736. The van der Waals surface area contributed by atoms with Crippen LogP contribution in [0, 0.1) is 17.8 Å². The number of hydrogen-bond donors (Lipinski definition) is 6. The Morgan fingerprint density at radius 3 is 1.48 bits per heavy atom. The number of amides is 3. The fourth-order valence-electron chi connectivity index (χ4n) is 2.65. The Morgan fingerprint density at radius 1 is 0.710 bits per heavy atom. The maximum Gasteiger partial charge on any atom is 0.326 e. The lowest BCUT2D eigenvalue weighted by Crippen LogP contribution is -2.59. The van der Waals surface area contributed by atoms with Crippen LogP contribution < -0.4 is 21.7 Å². The van der Waals surface area contributed by atoms with Crippen LogP contribution in [0.5, 0.6) is 0 Å². The van der Waals surface area contributed by atoms with E-state index in [-0.39, 0.29) is 18.3 Å². The molecule has 0 aliphatic rings. The minimum atomic E-state index is -1.41. The summed E-state index contributed by atoms with van der Waals surface area (Å²) < 4.78 is 0. The van der Waals surface area contributed by atoms with Crippen molar-refractivity contribution >= 4 is 29.7 Å². The summed E-state index contributed by atoms with van der Waals surface area (Å²) in [7, 11) is 0. The summed E-state index contributed by atoms with van der Waals surface area (Å²) in [5.74, 6) is -5.26. The SMILES string of the molecule is CC(C)C(N)C(=O)NC(C(=O)NC(C(=O)NC(CCC(=O)O)C(=O)O)C(C)C)C(C)C. The molecule has 0 aliphatic heterocycles. The fraction of sp³-hybridized carbons (Fsp3) is 0.750. The predicted octanol–water partition coefficient (Wildman–Crippen LogP) is -0.314. The van der Waals surface area contributed by atoms with E-state index in [1.165, 1.54) is 0 Å². The number of carbonyl (C=O) groups is 5. The third-order valence-electron chi connectivity index (χ3n) is 4.78. The van der Waals surface area contributed by atoms with E-state index in [4.69, 9.17) is 10.8 Å². The van der Waals surface area contributed by atoms with Crippen molar-refractivity contribution < 1.29 is 34.2 Å². The molecule has 0 saturated carbocycles. The third kappa shape index (κ3) is 9.77. The molecule has 0 saturated heterocycles. The van der Waals surface area contributed by atoms with Gasteiger partial charge in [0.05, 0.1) is 6.04 Å². The molecule has 0 aromatic rings. The number of carboxylic acids is 2. The summed E-state index contributed by atoms with van der Waals surface area (Å²) in [6.45, 7) is 10.3. The zero-order chi connectivity index (χ0) is 24.5. The first kappa shape index (κ1) is 28.3. The highest BCUT2D eigenvalue weighted by molar-refractivity contribution is 5.94. The second-order valence-electron chi connectivity index (χ2n) is 8.56. The Hall–Kier alpha value is -2.69. The lowest BCUT2D eigenvalue weighted by atomic mass is 9.98. The Labute approximate surface area is 182 Å². The van der Waals surface area contributed by atoms with Crippen LogP contribution in [0.25, 0.3) is 0 Å². The van der Waals surface area contributed by atoms with Crippen molar-refractivity contribution in [3.05, 3.63) is 0 Å². The second-order valence-corrected chi connectivity index (χ2v) is 8.56. The summed E-state index contributed by atoms with van der Waals surface area (Å²) in [6, 6.07) is -4.25. The molecule has 7 N–H and O–H groups in total. The van der Waals surface area contributed by atoms with Crippen LogP contribution in [-0.2, 0) is 24.0 Å². The predicted molar refractivity (Wildman–Crippen MR) is 113 cm³/mol. The van der Waals surface area contributed by atoms with Gasteiger partial charge in [-0.25, -0.2) is 4.79 Å². The van der Waals surface area contributed by atoms with E-state index in [0.717, 1.165) is 0 Å². The topological polar surface area (TPSA) is 188 Å². The summed E-state index contributed by atoms with van der Waals surface area (Å²) in [4.78, 5) is 59.8. The summed E-state index contributed by atoms with van der Waals surface area (Å²) >= 11 is 0. The number of hydrogen-bond acceptors (Lipinski definition) is 6. The number of carboxylic acid groups (broad SMARTS) is 2. The van der Waals surface area contributed by atoms with Gasteiger partial charge < -0.3 is 31.9 Å². The van der Waals surface area contributed by atoms with Crippen LogP contribution in [0.2, 0.25) is 0 Å². The van der Waals surface area contributed by atoms with Gasteiger partial charge >= 0.3 is 11.9 Å². The summed E-state index contributed by atoms with van der Waals surface area (Å²) in [5.41, 5.74) is 5.83. The maximum absolute atomic E-state index is 12.8. The van der Waals surface area contributed by atoms with Crippen LogP contribution in [0.4, 0.5) is 0 Å². The molecule has 31 heavy (non-hydrogen) atoms. The van der Waals surface area contributed by atoms with Gasteiger partial charge in [0.1, 0.15) is 18.1 Å². The van der Waals surface area contributed by atoms with Gasteiger partial charge in [-0.3, -0.25) is 19.2 Å². The van der Waals surface area contributed by atoms with Crippen LogP contribution in [0.15, 0.2) is 0 Å². The van der Waals surface area contributed by atoms with Crippen molar-refractivity contribution in [1.82, 2.24) is 16.0 Å². The molecule has 11 heteroatoms. The van der Waals surface area contributed by atoms with Crippen LogP contribution >= 0.6 is 0 Å². The van der Waals surface area contributed by atoms with E-state index in [2.05, 4.69) is 16.0 Å². The van der Waals surface area contributed by atoms with E-state index in [0.29, 0.717) is 0 Å². The van der Waals surface area contributed by atoms with Gasteiger partial charge in [0.25, 0.3) is 0 Å². The molecular formula is C20H36N4O7. The highest BCUT2D eigenvalue weighted by Crippen LogP contribution is 2.09. The van der Waals surface area contributed by atoms with Crippen molar-refractivity contribution in [1.29, 1.82) is 0 Å². The molecule has 0 aromatic heterocycles. The molecule has 0 radical (unpaired) electrons. The number of nitrogens with one attached hydrogen (secondary N) is 3. The number of aliphatic carboxylic acids is 2. The zero-order valence-corrected chi connectivity index (χ0v) is 19.0. The normalized spacial score (nSPS) is 15.2. The van der Waals surface area contributed by atoms with Gasteiger partial charge in [0.2, 0.25) is 17.7 Å². The smallest absolute Gasteiger partial charge is 0.326 e. The number of nitrogens with two attached hydrogens (primary N) is 1. The van der Waals surface area contributed by atoms with E-state index < -0.39 is 66.2 Å². The van der Waals surface area contributed by atoms with Gasteiger partial charge in [-0.15, -0.1) is 0 Å². The first-order chi connectivity index (χ1) is 14.2. The van der Waals surface area contributed by atoms with Crippen LogP contribution in [0.3, 0.4) is 0 Å². The highest BCUT2D eigenvalue weighted by Gasteiger charge is 2.33. The standard InChI is InChI=1S/C20H36N4O7/c1-9(2)14(21)17(27)23-16(11(5)6)19(29)24-15(10(3)4)18(28)22-12(20(30)31)7-8-13(25)26/h9-12,14-16H,7-8,21H2,1-6H3,(H,22,28)(H,23,27)(H,24,29)(H,25,26)(H,30,31). The first-order valence-electron chi connectivity index (χ1n) is 10.3. The van der Waals surface area contributed by atoms with Crippen molar-refractivity contribution in [3.8, 4) is 0 Å². The second kappa shape index (κ2) is 12.9. The summed E-state index contributed by atoms with van der Waals surface area (Å²) in [5, 5.41) is 25.4. The molecule has 178 valence electrons. The van der Waals surface area contributed by atoms with Gasteiger partial charge in [-0.05, 0) is 24.2 Å². The quantitative estimate of drug-likeness (QED) is 0.223. The molecule has 0 aliphatic carbocycles. The average Bonchev–Trinajstić information content (AvgIpc) is 2.64. The molecule has 0 aromatic carbocycles. The molecule has 0 spiro atoms. The number of rotatable bonds is 13. The van der Waals surface area contributed by atoms with Crippen LogP contribution in [0.1, 0.15) is 54.4 Å². The largest absolute Gasteiger partial charge is 0.481 e. The molecular weight excluding hydrogens is 408 g/mol.